The van der Waals surface area contributed by atoms with Crippen LogP contribution in [-0.2, 0) is 10.0 Å². The van der Waals surface area contributed by atoms with Crippen LogP contribution >= 0.6 is 27.5 Å². The average Bonchev–Trinajstić information content (AvgIpc) is 2.30. The molecule has 1 aromatic carbocycles. The van der Waals surface area contributed by atoms with Crippen molar-refractivity contribution in [3.8, 4) is 0 Å². The predicted octanol–water partition coefficient (Wildman–Crippen LogP) is 2.10. The van der Waals surface area contributed by atoms with E-state index in [2.05, 4.69) is 15.9 Å². The highest BCUT2D eigenvalue weighted by atomic mass is 79.9. The van der Waals surface area contributed by atoms with Crippen LogP contribution in [0.25, 0.3) is 0 Å². The van der Waals surface area contributed by atoms with Crippen molar-refractivity contribution in [2.75, 3.05) is 13.7 Å². The van der Waals surface area contributed by atoms with Crippen molar-refractivity contribution < 1.29 is 13.5 Å². The summed E-state index contributed by atoms with van der Waals surface area (Å²) in [6.07, 6.45) is 0. The normalized spacial score (nSPS) is 14.0. The fourth-order valence-electron chi connectivity index (χ4n) is 1.18. The van der Waals surface area contributed by atoms with Crippen molar-refractivity contribution in [3.05, 3.63) is 27.7 Å². The number of rotatable bonds is 4. The molecule has 0 aliphatic heterocycles. The summed E-state index contributed by atoms with van der Waals surface area (Å²) >= 11 is 9.08. The molecule has 1 unspecified atom stereocenters. The molecule has 0 spiro atoms. The molecule has 1 N–H and O–H groups in total. The first-order valence-electron chi connectivity index (χ1n) is 4.84. The molecule has 0 heterocycles. The molecule has 0 saturated carbocycles. The molecule has 0 radical (unpaired) electrons. The lowest BCUT2D eigenvalue weighted by Gasteiger charge is -2.23. The molecule has 4 nitrogen and oxygen atoms in total. The van der Waals surface area contributed by atoms with Gasteiger partial charge < -0.3 is 5.11 Å². The van der Waals surface area contributed by atoms with Gasteiger partial charge in [0.25, 0.3) is 0 Å². The fraction of sp³-hybridized carbons (Fsp3) is 0.400. The average molecular weight is 343 g/mol. The van der Waals surface area contributed by atoms with Crippen LogP contribution in [0.5, 0.6) is 0 Å². The highest BCUT2D eigenvalue weighted by molar-refractivity contribution is 9.10. The molecule has 1 atom stereocenters. The molecule has 0 aromatic heterocycles. The molecule has 1 rings (SSSR count). The Morgan fingerprint density at radius 2 is 2.12 bits per heavy atom. The number of halogens is 2. The van der Waals surface area contributed by atoms with Crippen LogP contribution < -0.4 is 0 Å². The quantitative estimate of drug-likeness (QED) is 0.911. The van der Waals surface area contributed by atoms with Crippen LogP contribution in [0.3, 0.4) is 0 Å². The molecule has 96 valence electrons. The Bertz CT molecular complexity index is 506. The minimum Gasteiger partial charge on any atom is -0.395 e. The predicted molar refractivity (Wildman–Crippen MR) is 70.6 cm³/mol. The number of likely N-dealkylation sites (N-methyl/N-ethyl adjacent to an activating group) is 1. The van der Waals surface area contributed by atoms with Crippen LogP contribution in [-0.4, -0.2) is 37.5 Å². The third-order valence-electron chi connectivity index (χ3n) is 2.44. The summed E-state index contributed by atoms with van der Waals surface area (Å²) in [5.74, 6) is 0. The Kier molecular flexibility index (Phi) is 4.97. The second-order valence-electron chi connectivity index (χ2n) is 3.63. The van der Waals surface area contributed by atoms with Crippen LogP contribution in [0.2, 0.25) is 5.02 Å². The molecule has 0 saturated heterocycles. The van der Waals surface area contributed by atoms with Gasteiger partial charge in [0.15, 0.2) is 0 Å². The number of hydrogen-bond acceptors (Lipinski definition) is 3. The molecule has 0 fully saturated rings. The van der Waals surface area contributed by atoms with Gasteiger partial charge in [0.2, 0.25) is 10.0 Å². The maximum absolute atomic E-state index is 12.2. The fourth-order valence-corrected chi connectivity index (χ4v) is 3.55. The van der Waals surface area contributed by atoms with Gasteiger partial charge in [0.1, 0.15) is 4.90 Å². The third-order valence-corrected chi connectivity index (χ3v) is 5.38. The van der Waals surface area contributed by atoms with Gasteiger partial charge in [-0.3, -0.25) is 0 Å². The van der Waals surface area contributed by atoms with E-state index in [1.54, 1.807) is 13.0 Å². The van der Waals surface area contributed by atoms with Crippen molar-refractivity contribution in [1.82, 2.24) is 4.31 Å². The Hall–Kier alpha value is -0.140. The zero-order valence-electron chi connectivity index (χ0n) is 9.39. The van der Waals surface area contributed by atoms with Gasteiger partial charge in [0, 0.05) is 17.6 Å². The number of benzene rings is 1. The SMILES string of the molecule is CC(CO)N(C)S(=O)(=O)c1cc(Br)ccc1Cl. The van der Waals surface area contributed by atoms with E-state index in [4.69, 9.17) is 16.7 Å². The molecule has 1 aromatic rings. The van der Waals surface area contributed by atoms with E-state index >= 15 is 0 Å². The van der Waals surface area contributed by atoms with E-state index < -0.39 is 16.1 Å². The van der Waals surface area contributed by atoms with Crippen LogP contribution in [0.4, 0.5) is 0 Å². The third kappa shape index (κ3) is 3.20. The Morgan fingerprint density at radius 1 is 1.53 bits per heavy atom. The Balaban J connectivity index is 3.26. The lowest BCUT2D eigenvalue weighted by atomic mass is 10.4. The number of sulfonamides is 1. The van der Waals surface area contributed by atoms with Gasteiger partial charge in [-0.1, -0.05) is 27.5 Å². The maximum atomic E-state index is 12.2. The lowest BCUT2D eigenvalue weighted by Crippen LogP contribution is -2.37. The number of aliphatic hydroxyl groups is 1. The molecule has 0 aliphatic carbocycles. The van der Waals surface area contributed by atoms with Crippen molar-refractivity contribution in [1.29, 1.82) is 0 Å². The molecule has 7 heteroatoms. The van der Waals surface area contributed by atoms with Crippen molar-refractivity contribution in [3.63, 3.8) is 0 Å². The molecular weight excluding hydrogens is 330 g/mol. The number of nitrogens with zero attached hydrogens (tertiary/aromatic N) is 1. The highest BCUT2D eigenvalue weighted by Gasteiger charge is 2.27. The van der Waals surface area contributed by atoms with E-state index in [9.17, 15) is 8.42 Å². The summed E-state index contributed by atoms with van der Waals surface area (Å²) < 4.78 is 26.2. The summed E-state index contributed by atoms with van der Waals surface area (Å²) in [5.41, 5.74) is 0. The van der Waals surface area contributed by atoms with E-state index in [1.165, 1.54) is 19.2 Å². The monoisotopic (exact) mass is 341 g/mol. The summed E-state index contributed by atoms with van der Waals surface area (Å²) in [7, 11) is -2.28. The van der Waals surface area contributed by atoms with E-state index in [-0.39, 0.29) is 16.5 Å². The van der Waals surface area contributed by atoms with Gasteiger partial charge in [-0.25, -0.2) is 8.42 Å². The van der Waals surface area contributed by atoms with Crippen molar-refractivity contribution in [2.24, 2.45) is 0 Å². The lowest BCUT2D eigenvalue weighted by molar-refractivity contribution is 0.214. The first kappa shape index (κ1) is 14.9. The van der Waals surface area contributed by atoms with Gasteiger partial charge >= 0.3 is 0 Å². The van der Waals surface area contributed by atoms with Crippen LogP contribution in [0.15, 0.2) is 27.6 Å². The maximum Gasteiger partial charge on any atom is 0.244 e. The minimum absolute atomic E-state index is 0.0244. The standard InChI is InChI=1S/C10H13BrClNO3S/c1-7(6-14)13(2)17(15,16)10-5-8(11)3-4-9(10)12/h3-5,7,14H,6H2,1-2H3. The van der Waals surface area contributed by atoms with E-state index in [0.29, 0.717) is 4.47 Å². The molecule has 0 bridgehead atoms. The van der Waals surface area contributed by atoms with E-state index in [0.717, 1.165) is 4.31 Å². The number of aliphatic hydroxyl groups excluding tert-OH is 1. The zero-order valence-corrected chi connectivity index (χ0v) is 12.6. The minimum atomic E-state index is -3.69. The molecule has 0 aliphatic rings. The second kappa shape index (κ2) is 5.67. The summed E-state index contributed by atoms with van der Waals surface area (Å²) in [5, 5.41) is 9.15. The van der Waals surface area contributed by atoms with Crippen LogP contribution in [0, 0.1) is 0 Å². The second-order valence-corrected chi connectivity index (χ2v) is 6.92. The molecular formula is C10H13BrClNO3S. The summed E-state index contributed by atoms with van der Waals surface area (Å²) in [4.78, 5) is 0.0244. The Labute approximate surface area is 114 Å². The molecule has 17 heavy (non-hydrogen) atoms. The zero-order chi connectivity index (χ0) is 13.2. The number of hydrogen-bond donors (Lipinski definition) is 1. The first-order valence-corrected chi connectivity index (χ1v) is 7.45. The first-order chi connectivity index (χ1) is 7.80. The van der Waals surface area contributed by atoms with E-state index in [1.807, 2.05) is 0 Å². The topological polar surface area (TPSA) is 57.6 Å². The van der Waals surface area contributed by atoms with Gasteiger partial charge in [0.05, 0.1) is 11.6 Å². The largest absolute Gasteiger partial charge is 0.395 e. The smallest absolute Gasteiger partial charge is 0.244 e. The highest BCUT2D eigenvalue weighted by Crippen LogP contribution is 2.28. The van der Waals surface area contributed by atoms with Crippen molar-refractivity contribution >= 4 is 37.6 Å². The van der Waals surface area contributed by atoms with Crippen LogP contribution in [0.1, 0.15) is 6.92 Å². The summed E-state index contributed by atoms with van der Waals surface area (Å²) in [6, 6.07) is 4.11. The molecule has 0 amide bonds. The Morgan fingerprint density at radius 3 is 2.65 bits per heavy atom. The van der Waals surface area contributed by atoms with Gasteiger partial charge in [-0.15, -0.1) is 0 Å². The summed E-state index contributed by atoms with van der Waals surface area (Å²) in [6.45, 7) is 1.37. The van der Waals surface area contributed by atoms with Gasteiger partial charge in [-0.05, 0) is 25.1 Å². The van der Waals surface area contributed by atoms with Gasteiger partial charge in [-0.2, -0.15) is 4.31 Å². The van der Waals surface area contributed by atoms with Crippen molar-refractivity contribution in [2.45, 2.75) is 17.9 Å².